The first-order valence-electron chi connectivity index (χ1n) is 9.81. The molecule has 0 radical (unpaired) electrons. The van der Waals surface area contributed by atoms with Crippen molar-refractivity contribution in [2.24, 2.45) is 10.4 Å². The van der Waals surface area contributed by atoms with Crippen LogP contribution in [0.25, 0.3) is 0 Å². The third-order valence-electron chi connectivity index (χ3n) is 4.28. The lowest BCUT2D eigenvalue weighted by molar-refractivity contribution is 0.346. The fourth-order valence-electron chi connectivity index (χ4n) is 2.77. The van der Waals surface area contributed by atoms with Gasteiger partial charge >= 0.3 is 0 Å². The van der Waals surface area contributed by atoms with Gasteiger partial charge in [0, 0.05) is 12.6 Å². The van der Waals surface area contributed by atoms with Gasteiger partial charge in [-0.15, -0.1) is 24.0 Å². The van der Waals surface area contributed by atoms with E-state index < -0.39 is 0 Å². The maximum Gasteiger partial charge on any atom is 0.191 e. The summed E-state index contributed by atoms with van der Waals surface area (Å²) < 4.78 is 1.82. The van der Waals surface area contributed by atoms with E-state index in [1.165, 1.54) is 17.5 Å². The molecule has 0 aliphatic carbocycles. The van der Waals surface area contributed by atoms with Gasteiger partial charge in [-0.05, 0) is 43.2 Å². The molecule has 1 heterocycles. The van der Waals surface area contributed by atoms with Crippen molar-refractivity contribution in [1.29, 1.82) is 0 Å². The third-order valence-corrected chi connectivity index (χ3v) is 4.28. The number of rotatable bonds is 8. The molecule has 0 fully saturated rings. The topological polar surface area (TPSA) is 67.1 Å². The van der Waals surface area contributed by atoms with Crippen LogP contribution in [-0.4, -0.2) is 33.3 Å². The maximum atomic E-state index is 4.77. The summed E-state index contributed by atoms with van der Waals surface area (Å²) in [6, 6.07) is 8.86. The lowest BCUT2D eigenvalue weighted by Gasteiger charge is -2.23. The van der Waals surface area contributed by atoms with Gasteiger partial charge in [-0.25, -0.2) is 14.7 Å². The fraction of sp³-hybridized carbons (Fsp3) is 0.571. The molecule has 0 saturated carbocycles. The second-order valence-electron chi connectivity index (χ2n) is 8.25. The molecule has 0 bridgehead atoms. The van der Waals surface area contributed by atoms with Crippen molar-refractivity contribution in [3.05, 3.63) is 48.0 Å². The summed E-state index contributed by atoms with van der Waals surface area (Å²) >= 11 is 0. The third kappa shape index (κ3) is 9.52. The van der Waals surface area contributed by atoms with Gasteiger partial charge in [-0.3, -0.25) is 0 Å². The second-order valence-corrected chi connectivity index (χ2v) is 8.25. The van der Waals surface area contributed by atoms with Gasteiger partial charge in [0.05, 0.1) is 13.1 Å². The second kappa shape index (κ2) is 12.0. The van der Waals surface area contributed by atoms with Crippen LogP contribution in [0.4, 0.5) is 0 Å². The van der Waals surface area contributed by atoms with Crippen LogP contribution in [0.2, 0.25) is 0 Å². The Kier molecular flexibility index (Phi) is 10.5. The summed E-state index contributed by atoms with van der Waals surface area (Å²) in [4.78, 5) is 8.76. The minimum absolute atomic E-state index is 0. The molecule has 2 rings (SSSR count). The predicted octanol–water partition coefficient (Wildman–Crippen LogP) is 4.21. The van der Waals surface area contributed by atoms with Crippen molar-refractivity contribution in [1.82, 2.24) is 25.4 Å². The molecule has 6 nitrogen and oxygen atoms in total. The number of hydrogen-bond donors (Lipinski definition) is 2. The van der Waals surface area contributed by atoms with Crippen LogP contribution in [0.5, 0.6) is 0 Å². The van der Waals surface area contributed by atoms with E-state index in [1.54, 1.807) is 12.7 Å². The first-order chi connectivity index (χ1) is 12.9. The van der Waals surface area contributed by atoms with Crippen LogP contribution >= 0.6 is 24.0 Å². The van der Waals surface area contributed by atoms with Gasteiger partial charge in [0.2, 0.25) is 0 Å². The lowest BCUT2D eigenvalue weighted by atomic mass is 9.89. The SMILES string of the molecule is CCNC(=NCc1cccc(Cn2cncn2)c1)NC(C)CCC(C)(C)C.I. The Labute approximate surface area is 186 Å². The Morgan fingerprint density at radius 3 is 2.64 bits per heavy atom. The smallest absolute Gasteiger partial charge is 0.191 e. The number of nitrogens with one attached hydrogen (secondary N) is 2. The normalized spacial score (nSPS) is 13.0. The molecular weight excluding hydrogens is 463 g/mol. The minimum Gasteiger partial charge on any atom is -0.357 e. The molecule has 28 heavy (non-hydrogen) atoms. The number of halogens is 1. The van der Waals surface area contributed by atoms with Crippen molar-refractivity contribution >= 4 is 29.9 Å². The number of guanidine groups is 1. The van der Waals surface area contributed by atoms with Gasteiger partial charge in [-0.2, -0.15) is 5.10 Å². The highest BCUT2D eigenvalue weighted by atomic mass is 127. The van der Waals surface area contributed by atoms with Gasteiger partial charge in [0.15, 0.2) is 5.96 Å². The van der Waals surface area contributed by atoms with Gasteiger partial charge < -0.3 is 10.6 Å². The average molecular weight is 498 g/mol. The molecule has 156 valence electrons. The number of benzene rings is 1. The molecule has 1 aromatic carbocycles. The molecule has 0 amide bonds. The summed E-state index contributed by atoms with van der Waals surface area (Å²) in [5, 5.41) is 11.0. The molecule has 1 unspecified atom stereocenters. The predicted molar refractivity (Wildman–Crippen MR) is 127 cm³/mol. The van der Waals surface area contributed by atoms with E-state index in [-0.39, 0.29) is 24.0 Å². The Bertz CT molecular complexity index is 706. The minimum atomic E-state index is 0. The van der Waals surface area contributed by atoms with E-state index in [9.17, 15) is 0 Å². The van der Waals surface area contributed by atoms with Crippen LogP contribution in [0.15, 0.2) is 41.9 Å². The Morgan fingerprint density at radius 2 is 2.00 bits per heavy atom. The van der Waals surface area contributed by atoms with Gasteiger partial charge in [0.1, 0.15) is 12.7 Å². The first-order valence-corrected chi connectivity index (χ1v) is 9.81. The Morgan fingerprint density at radius 1 is 1.25 bits per heavy atom. The molecule has 0 aliphatic heterocycles. The zero-order valence-electron chi connectivity index (χ0n) is 17.8. The molecule has 0 saturated heterocycles. The first kappa shape index (κ1) is 24.4. The lowest BCUT2D eigenvalue weighted by Crippen LogP contribution is -2.42. The summed E-state index contributed by atoms with van der Waals surface area (Å²) in [7, 11) is 0. The van der Waals surface area contributed by atoms with Crippen LogP contribution in [0.3, 0.4) is 0 Å². The van der Waals surface area contributed by atoms with E-state index in [2.05, 4.69) is 79.6 Å². The summed E-state index contributed by atoms with van der Waals surface area (Å²) in [5.41, 5.74) is 2.74. The standard InChI is InChI=1S/C21H34N6.HI/c1-6-23-20(26-17(2)10-11-21(3,4)5)24-13-18-8-7-9-19(12-18)14-27-16-22-15-25-27;/h7-9,12,15-17H,6,10-11,13-14H2,1-5H3,(H2,23,24,26);1H. The van der Waals surface area contributed by atoms with Gasteiger partial charge in [-0.1, -0.05) is 45.0 Å². The molecule has 1 atom stereocenters. The number of aliphatic imine (C=N–C) groups is 1. The van der Waals surface area contributed by atoms with Gasteiger partial charge in [0.25, 0.3) is 0 Å². The molecular formula is C21H35IN6. The van der Waals surface area contributed by atoms with Crippen LogP contribution in [-0.2, 0) is 13.1 Å². The Balaban J connectivity index is 0.00000392. The molecule has 2 aromatic rings. The van der Waals surface area contributed by atoms with Crippen LogP contribution in [0.1, 0.15) is 58.6 Å². The highest BCUT2D eigenvalue weighted by molar-refractivity contribution is 14.0. The highest BCUT2D eigenvalue weighted by Crippen LogP contribution is 2.21. The van der Waals surface area contributed by atoms with Crippen LogP contribution in [0, 0.1) is 5.41 Å². The number of aromatic nitrogens is 3. The molecule has 0 aliphatic rings. The highest BCUT2D eigenvalue weighted by Gasteiger charge is 2.13. The van der Waals surface area contributed by atoms with Crippen LogP contribution < -0.4 is 10.6 Å². The van der Waals surface area contributed by atoms with Crippen molar-refractivity contribution in [2.45, 2.75) is 66.6 Å². The average Bonchev–Trinajstić information content (AvgIpc) is 3.11. The van der Waals surface area contributed by atoms with E-state index in [0.717, 1.165) is 25.5 Å². The number of hydrogen-bond acceptors (Lipinski definition) is 3. The van der Waals surface area contributed by atoms with Crippen molar-refractivity contribution in [3.8, 4) is 0 Å². The molecule has 7 heteroatoms. The zero-order valence-corrected chi connectivity index (χ0v) is 20.1. The molecule has 2 N–H and O–H groups in total. The van der Waals surface area contributed by atoms with E-state index in [4.69, 9.17) is 4.99 Å². The molecule has 0 spiro atoms. The summed E-state index contributed by atoms with van der Waals surface area (Å²) in [6.07, 6.45) is 5.60. The maximum absolute atomic E-state index is 4.77. The van der Waals surface area contributed by atoms with Crippen molar-refractivity contribution in [2.75, 3.05) is 6.54 Å². The largest absolute Gasteiger partial charge is 0.357 e. The Hall–Kier alpha value is -1.64. The monoisotopic (exact) mass is 498 g/mol. The van der Waals surface area contributed by atoms with Crippen molar-refractivity contribution in [3.63, 3.8) is 0 Å². The fourth-order valence-corrected chi connectivity index (χ4v) is 2.77. The number of nitrogens with zero attached hydrogens (tertiary/aromatic N) is 4. The summed E-state index contributed by atoms with van der Waals surface area (Å²) in [6.45, 7) is 13.4. The molecule has 1 aromatic heterocycles. The zero-order chi connectivity index (χ0) is 19.7. The van der Waals surface area contributed by atoms with Crippen molar-refractivity contribution < 1.29 is 0 Å². The summed E-state index contributed by atoms with van der Waals surface area (Å²) in [5.74, 6) is 0.876. The quantitative estimate of drug-likeness (QED) is 0.325. The van der Waals surface area contributed by atoms with E-state index in [1.807, 2.05) is 4.68 Å². The van der Waals surface area contributed by atoms with E-state index >= 15 is 0 Å². The van der Waals surface area contributed by atoms with E-state index in [0.29, 0.717) is 18.0 Å².